The molecule has 0 radical (unpaired) electrons. The van der Waals surface area contributed by atoms with E-state index in [4.69, 9.17) is 0 Å². The van der Waals surface area contributed by atoms with Gasteiger partial charge in [-0.05, 0) is 42.0 Å². The van der Waals surface area contributed by atoms with E-state index < -0.39 is 33.6 Å². The number of nitrogens with zero attached hydrogens (tertiary/aromatic N) is 2. The van der Waals surface area contributed by atoms with Crippen molar-refractivity contribution in [1.82, 2.24) is 4.90 Å². The molecule has 0 aromatic heterocycles. The van der Waals surface area contributed by atoms with E-state index in [2.05, 4.69) is 4.74 Å². The van der Waals surface area contributed by atoms with Crippen molar-refractivity contribution in [3.63, 3.8) is 0 Å². The second-order valence-electron chi connectivity index (χ2n) is 7.24. The molecule has 1 saturated heterocycles. The first-order valence-electron chi connectivity index (χ1n) is 9.61. The summed E-state index contributed by atoms with van der Waals surface area (Å²) in [4.78, 5) is 27.4. The molecule has 3 rings (SSSR count). The standard InChI is InChI=1S/C21H21F3N2O5S/c1-31-19(27)16-4-2-15(3-5-16)14-26(18-8-6-17(7-9-18)21(22,23)24)20(28)25-10-12-32(29,30)13-11-25/h2-9H,10-14H2,1H3. The lowest BCUT2D eigenvalue weighted by molar-refractivity contribution is -0.137. The number of alkyl halides is 3. The highest BCUT2D eigenvalue weighted by Gasteiger charge is 2.32. The van der Waals surface area contributed by atoms with E-state index >= 15 is 0 Å². The number of esters is 1. The third-order valence-electron chi connectivity index (χ3n) is 5.07. The minimum absolute atomic E-state index is 0.000417. The molecular weight excluding hydrogens is 449 g/mol. The molecule has 0 saturated carbocycles. The number of urea groups is 1. The Balaban J connectivity index is 1.88. The van der Waals surface area contributed by atoms with Crippen molar-refractivity contribution in [2.45, 2.75) is 12.7 Å². The molecule has 1 aliphatic rings. The van der Waals surface area contributed by atoms with Crippen molar-refractivity contribution in [1.29, 1.82) is 0 Å². The van der Waals surface area contributed by atoms with Gasteiger partial charge in [0.15, 0.2) is 9.84 Å². The molecule has 32 heavy (non-hydrogen) atoms. The Morgan fingerprint density at radius 2 is 1.56 bits per heavy atom. The fourth-order valence-corrected chi connectivity index (χ4v) is 4.42. The molecule has 2 amide bonds. The van der Waals surface area contributed by atoms with Crippen LogP contribution >= 0.6 is 0 Å². The Morgan fingerprint density at radius 1 is 1.00 bits per heavy atom. The monoisotopic (exact) mass is 470 g/mol. The van der Waals surface area contributed by atoms with Gasteiger partial charge in [0.1, 0.15) is 0 Å². The predicted molar refractivity (Wildman–Crippen MR) is 111 cm³/mol. The third kappa shape index (κ3) is 5.58. The molecule has 0 unspecified atom stereocenters. The van der Waals surface area contributed by atoms with Gasteiger partial charge in [0.25, 0.3) is 0 Å². The number of amides is 2. The maximum absolute atomic E-state index is 13.2. The van der Waals surface area contributed by atoms with Gasteiger partial charge in [-0.15, -0.1) is 0 Å². The van der Waals surface area contributed by atoms with Crippen LogP contribution in [0.3, 0.4) is 0 Å². The maximum atomic E-state index is 13.2. The van der Waals surface area contributed by atoms with Crippen LogP contribution in [-0.2, 0) is 27.3 Å². The summed E-state index contributed by atoms with van der Waals surface area (Å²) in [7, 11) is -1.97. The van der Waals surface area contributed by atoms with E-state index in [0.717, 1.165) is 12.1 Å². The Labute approximate surface area is 183 Å². The molecular formula is C21H21F3N2O5S. The number of hydrogen-bond donors (Lipinski definition) is 0. The number of hydrogen-bond acceptors (Lipinski definition) is 5. The number of ether oxygens (including phenoxy) is 1. The van der Waals surface area contributed by atoms with E-state index in [-0.39, 0.29) is 36.8 Å². The van der Waals surface area contributed by atoms with Crippen molar-refractivity contribution in [2.75, 3.05) is 36.6 Å². The number of sulfone groups is 1. The second kappa shape index (κ2) is 9.19. The average Bonchev–Trinajstić information content (AvgIpc) is 2.76. The molecule has 1 aliphatic heterocycles. The Morgan fingerprint density at radius 3 is 2.06 bits per heavy atom. The summed E-state index contributed by atoms with van der Waals surface area (Å²) in [5.74, 6) is -0.873. The Hall–Kier alpha value is -3.08. The minimum Gasteiger partial charge on any atom is -0.465 e. The van der Waals surface area contributed by atoms with E-state index in [1.54, 1.807) is 12.1 Å². The summed E-state index contributed by atoms with van der Waals surface area (Å²) in [5.41, 5.74) is 0.314. The molecule has 2 aromatic carbocycles. The number of anilines is 1. The van der Waals surface area contributed by atoms with Gasteiger partial charge in [0, 0.05) is 18.8 Å². The highest BCUT2D eigenvalue weighted by Crippen LogP contribution is 2.31. The number of carbonyl (C=O) groups is 2. The second-order valence-corrected chi connectivity index (χ2v) is 9.54. The van der Waals surface area contributed by atoms with Crippen molar-refractivity contribution in [3.8, 4) is 0 Å². The first kappa shape index (κ1) is 23.6. The van der Waals surface area contributed by atoms with Crippen LogP contribution in [0.4, 0.5) is 23.7 Å². The van der Waals surface area contributed by atoms with Gasteiger partial charge >= 0.3 is 18.2 Å². The van der Waals surface area contributed by atoms with E-state index in [1.807, 2.05) is 0 Å². The van der Waals surface area contributed by atoms with E-state index in [1.165, 1.54) is 41.2 Å². The zero-order chi connectivity index (χ0) is 23.5. The fraction of sp³-hybridized carbons (Fsp3) is 0.333. The number of halogens is 3. The Bertz CT molecular complexity index is 1070. The van der Waals surface area contributed by atoms with Gasteiger partial charge in [0.2, 0.25) is 0 Å². The number of benzene rings is 2. The number of carbonyl (C=O) groups excluding carboxylic acids is 2. The quantitative estimate of drug-likeness (QED) is 0.640. The summed E-state index contributed by atoms with van der Waals surface area (Å²) in [6.45, 7) is 0.00800. The van der Waals surface area contributed by atoms with Gasteiger partial charge in [0.05, 0.1) is 36.3 Å². The van der Waals surface area contributed by atoms with Crippen LogP contribution in [-0.4, -0.2) is 57.0 Å². The van der Waals surface area contributed by atoms with Crippen molar-refractivity contribution in [2.24, 2.45) is 0 Å². The molecule has 0 atom stereocenters. The maximum Gasteiger partial charge on any atom is 0.416 e. The van der Waals surface area contributed by atoms with Crippen LogP contribution in [0.5, 0.6) is 0 Å². The smallest absolute Gasteiger partial charge is 0.416 e. The van der Waals surface area contributed by atoms with Crippen molar-refractivity contribution >= 4 is 27.5 Å². The summed E-state index contributed by atoms with van der Waals surface area (Å²) in [6.07, 6.45) is -4.52. The molecule has 7 nitrogen and oxygen atoms in total. The topological polar surface area (TPSA) is 84.0 Å². The molecule has 172 valence electrons. The normalized spacial score (nSPS) is 15.8. The predicted octanol–water partition coefficient (Wildman–Crippen LogP) is 3.35. The van der Waals surface area contributed by atoms with Crippen LogP contribution in [0.15, 0.2) is 48.5 Å². The molecule has 2 aromatic rings. The SMILES string of the molecule is COC(=O)c1ccc(CN(C(=O)N2CCS(=O)(=O)CC2)c2ccc(C(F)(F)F)cc2)cc1. The van der Waals surface area contributed by atoms with Gasteiger partial charge < -0.3 is 9.64 Å². The van der Waals surface area contributed by atoms with Gasteiger partial charge in [-0.2, -0.15) is 13.2 Å². The van der Waals surface area contributed by atoms with Crippen LogP contribution in [0, 0.1) is 0 Å². The van der Waals surface area contributed by atoms with E-state index in [9.17, 15) is 31.2 Å². The van der Waals surface area contributed by atoms with Crippen LogP contribution in [0.2, 0.25) is 0 Å². The van der Waals surface area contributed by atoms with Crippen LogP contribution in [0.1, 0.15) is 21.5 Å². The molecule has 0 spiro atoms. The lowest BCUT2D eigenvalue weighted by Gasteiger charge is -2.33. The molecule has 11 heteroatoms. The van der Waals surface area contributed by atoms with Crippen molar-refractivity contribution < 1.29 is 35.9 Å². The average molecular weight is 470 g/mol. The highest BCUT2D eigenvalue weighted by atomic mass is 32.2. The molecule has 1 fully saturated rings. The van der Waals surface area contributed by atoms with Crippen LogP contribution in [0.25, 0.3) is 0 Å². The Kier molecular flexibility index (Phi) is 6.77. The summed E-state index contributed by atoms with van der Waals surface area (Å²) < 4.78 is 66.9. The summed E-state index contributed by atoms with van der Waals surface area (Å²) >= 11 is 0. The molecule has 0 N–H and O–H groups in total. The largest absolute Gasteiger partial charge is 0.465 e. The van der Waals surface area contributed by atoms with E-state index in [0.29, 0.717) is 11.1 Å². The zero-order valence-electron chi connectivity index (χ0n) is 17.1. The van der Waals surface area contributed by atoms with Crippen LogP contribution < -0.4 is 4.90 Å². The van der Waals surface area contributed by atoms with Crippen molar-refractivity contribution in [3.05, 3.63) is 65.2 Å². The lowest BCUT2D eigenvalue weighted by Crippen LogP contribution is -2.49. The first-order valence-corrected chi connectivity index (χ1v) is 11.4. The van der Waals surface area contributed by atoms with Gasteiger partial charge in [-0.1, -0.05) is 12.1 Å². The van der Waals surface area contributed by atoms with Gasteiger partial charge in [-0.3, -0.25) is 4.90 Å². The number of methoxy groups -OCH3 is 1. The van der Waals surface area contributed by atoms with Gasteiger partial charge in [-0.25, -0.2) is 18.0 Å². The fourth-order valence-electron chi connectivity index (χ4n) is 3.22. The lowest BCUT2D eigenvalue weighted by atomic mass is 10.1. The summed E-state index contributed by atoms with van der Waals surface area (Å²) in [5, 5.41) is 0. The molecule has 0 aliphatic carbocycles. The summed E-state index contributed by atoms with van der Waals surface area (Å²) in [6, 6.07) is 9.90. The first-order chi connectivity index (χ1) is 15.0. The molecule has 0 bridgehead atoms. The number of rotatable bonds is 4. The molecule has 1 heterocycles. The zero-order valence-corrected chi connectivity index (χ0v) is 17.9. The minimum atomic E-state index is -4.52. The third-order valence-corrected chi connectivity index (χ3v) is 6.68. The highest BCUT2D eigenvalue weighted by molar-refractivity contribution is 7.91.